The molecule has 0 amide bonds. The van der Waals surface area contributed by atoms with Crippen molar-refractivity contribution in [2.75, 3.05) is 39.5 Å². The Morgan fingerprint density at radius 3 is 2.63 bits per heavy atom. The Morgan fingerprint density at radius 1 is 1.43 bits per heavy atom. The first-order valence-corrected chi connectivity index (χ1v) is 9.50. The summed E-state index contributed by atoms with van der Waals surface area (Å²) in [7, 11) is 2.83. The van der Waals surface area contributed by atoms with E-state index in [4.69, 9.17) is 21.5 Å². The van der Waals surface area contributed by atoms with Gasteiger partial charge in [0.1, 0.15) is 0 Å². The molecule has 1 atom stereocenters. The number of nitrogen functional groups attached to an aromatic ring is 1. The van der Waals surface area contributed by atoms with Crippen LogP contribution in [0.25, 0.3) is 5.57 Å². The highest BCUT2D eigenvalue weighted by molar-refractivity contribution is 6.13. The van der Waals surface area contributed by atoms with E-state index in [2.05, 4.69) is 28.7 Å². The van der Waals surface area contributed by atoms with Crippen LogP contribution in [0.15, 0.2) is 49.3 Å². The smallest absolute Gasteiger partial charge is 0.181 e. The monoisotopic (exact) mass is 414 g/mol. The highest BCUT2D eigenvalue weighted by Crippen LogP contribution is 2.22. The van der Waals surface area contributed by atoms with Gasteiger partial charge in [-0.1, -0.05) is 6.07 Å². The van der Waals surface area contributed by atoms with Gasteiger partial charge in [-0.05, 0) is 48.9 Å². The summed E-state index contributed by atoms with van der Waals surface area (Å²) in [6.07, 6.45) is 6.01. The van der Waals surface area contributed by atoms with Crippen molar-refractivity contribution < 1.29 is 10.2 Å². The molecule has 8 heteroatoms. The molecule has 1 aliphatic heterocycles. The number of aliphatic hydroxyl groups is 2. The number of nitrogens with one attached hydrogen (secondary N) is 3. The maximum absolute atomic E-state index is 9.62. The summed E-state index contributed by atoms with van der Waals surface area (Å²) in [6.45, 7) is 9.94. The zero-order valence-corrected chi connectivity index (χ0v) is 18.1. The number of hydrogen-bond acceptors (Lipinski definition) is 8. The van der Waals surface area contributed by atoms with Crippen molar-refractivity contribution in [3.8, 4) is 6.19 Å². The van der Waals surface area contributed by atoms with Crippen molar-refractivity contribution in [1.82, 2.24) is 15.5 Å². The van der Waals surface area contributed by atoms with Gasteiger partial charge >= 0.3 is 0 Å². The molecule has 1 fully saturated rings. The number of allylic oxidation sites excluding steroid dienone is 2. The van der Waals surface area contributed by atoms with Gasteiger partial charge in [0.05, 0.1) is 17.5 Å². The first-order chi connectivity index (χ1) is 14.5. The largest absolute Gasteiger partial charge is 0.400 e. The van der Waals surface area contributed by atoms with E-state index in [0.717, 1.165) is 31.2 Å². The number of nitriles is 1. The number of β-amino-alcohol motifs (C(OH)–C–C–N with tert-alkyl or cyclic N) is 1. The topological polar surface area (TPSA) is 141 Å². The van der Waals surface area contributed by atoms with Gasteiger partial charge in [0.15, 0.2) is 6.19 Å². The minimum atomic E-state index is -0.301. The van der Waals surface area contributed by atoms with Crippen LogP contribution in [0.2, 0.25) is 0 Å². The third-order valence-electron chi connectivity index (χ3n) is 4.40. The standard InChI is InChI=1S/C19H26N6O.C2H4.CH4O/c1-13(10-23-2)14-3-4-17(21)16(9-14)19(22)18(24-12-20)6-8-25-7-5-15(26)11-25;2*1-2/h3-4,6,9-10,15,22-24,26H,5,7-8,11,21H2,1-2H3;1-2H2;2H,1H3/b13-10+,18-6-,22-19?;;/t15-;;/m1../s1. The van der Waals surface area contributed by atoms with Gasteiger partial charge in [0, 0.05) is 45.0 Å². The maximum Gasteiger partial charge on any atom is 0.181 e. The van der Waals surface area contributed by atoms with Crippen LogP contribution in [-0.2, 0) is 0 Å². The molecule has 164 valence electrons. The summed E-state index contributed by atoms with van der Waals surface area (Å²) in [5.41, 5.74) is 9.68. The van der Waals surface area contributed by atoms with Crippen molar-refractivity contribution in [2.45, 2.75) is 19.4 Å². The fraction of sp³-hybridized carbons (Fsp3) is 0.364. The van der Waals surface area contributed by atoms with Gasteiger partial charge in [-0.2, -0.15) is 5.26 Å². The number of nitrogens with two attached hydrogens (primary N) is 1. The third kappa shape index (κ3) is 8.09. The second-order valence-electron chi connectivity index (χ2n) is 6.35. The molecule has 7 N–H and O–H groups in total. The fourth-order valence-electron chi connectivity index (χ4n) is 2.94. The normalized spacial score (nSPS) is 16.3. The van der Waals surface area contributed by atoms with Crippen LogP contribution >= 0.6 is 0 Å². The van der Waals surface area contributed by atoms with Gasteiger partial charge in [-0.25, -0.2) is 0 Å². The number of anilines is 1. The average molecular weight is 415 g/mol. The van der Waals surface area contributed by atoms with Crippen molar-refractivity contribution in [3.05, 3.63) is 60.5 Å². The van der Waals surface area contributed by atoms with Crippen molar-refractivity contribution in [2.24, 2.45) is 0 Å². The number of hydrogen-bond donors (Lipinski definition) is 6. The predicted octanol–water partition coefficient (Wildman–Crippen LogP) is 1.65. The van der Waals surface area contributed by atoms with E-state index < -0.39 is 0 Å². The van der Waals surface area contributed by atoms with Gasteiger partial charge in [0.2, 0.25) is 0 Å². The first kappa shape index (κ1) is 26.9. The lowest BCUT2D eigenvalue weighted by atomic mass is 9.99. The van der Waals surface area contributed by atoms with E-state index in [1.807, 2.05) is 38.5 Å². The van der Waals surface area contributed by atoms with E-state index in [1.54, 1.807) is 12.1 Å². The molecule has 0 aliphatic carbocycles. The lowest BCUT2D eigenvalue weighted by molar-refractivity contribution is 0.179. The molecular formula is C22H34N6O2. The van der Waals surface area contributed by atoms with Gasteiger partial charge in [-0.3, -0.25) is 15.6 Å². The molecule has 1 aromatic carbocycles. The molecule has 30 heavy (non-hydrogen) atoms. The van der Waals surface area contributed by atoms with Crippen LogP contribution in [0.4, 0.5) is 5.69 Å². The molecule has 1 saturated heterocycles. The van der Waals surface area contributed by atoms with Crippen LogP contribution in [-0.4, -0.2) is 60.7 Å². The fourth-order valence-corrected chi connectivity index (χ4v) is 2.94. The zero-order chi connectivity index (χ0) is 23.1. The van der Waals surface area contributed by atoms with Crippen LogP contribution in [0, 0.1) is 16.9 Å². The summed E-state index contributed by atoms with van der Waals surface area (Å²) in [4.78, 5) is 2.08. The zero-order valence-electron chi connectivity index (χ0n) is 18.1. The molecule has 1 heterocycles. The molecule has 1 aromatic rings. The lowest BCUT2D eigenvalue weighted by Crippen LogP contribution is -2.25. The summed E-state index contributed by atoms with van der Waals surface area (Å²) >= 11 is 0. The second-order valence-corrected chi connectivity index (χ2v) is 6.35. The highest BCUT2D eigenvalue weighted by Gasteiger charge is 2.19. The van der Waals surface area contributed by atoms with Crippen LogP contribution < -0.4 is 16.4 Å². The summed E-state index contributed by atoms with van der Waals surface area (Å²) in [6, 6.07) is 5.53. The van der Waals surface area contributed by atoms with E-state index >= 15 is 0 Å². The van der Waals surface area contributed by atoms with Gasteiger partial charge in [0.25, 0.3) is 0 Å². The van der Waals surface area contributed by atoms with Crippen LogP contribution in [0.5, 0.6) is 0 Å². The molecule has 1 aliphatic rings. The highest BCUT2D eigenvalue weighted by atomic mass is 16.3. The number of likely N-dealkylation sites (tertiary alicyclic amines) is 1. The minimum absolute atomic E-state index is 0.169. The summed E-state index contributed by atoms with van der Waals surface area (Å²) in [5, 5.41) is 39.8. The number of rotatable bonds is 7. The predicted molar refractivity (Wildman–Crippen MR) is 124 cm³/mol. The Labute approximate surface area is 179 Å². The first-order valence-electron chi connectivity index (χ1n) is 9.50. The lowest BCUT2D eigenvalue weighted by Gasteiger charge is -2.15. The molecule has 0 unspecified atom stereocenters. The number of nitrogens with zero attached hydrogens (tertiary/aromatic N) is 2. The Kier molecular flexibility index (Phi) is 13.3. The Morgan fingerprint density at radius 2 is 2.10 bits per heavy atom. The van der Waals surface area contributed by atoms with Crippen molar-refractivity contribution >= 4 is 17.0 Å². The van der Waals surface area contributed by atoms with Gasteiger partial charge < -0.3 is 21.3 Å². The van der Waals surface area contributed by atoms with E-state index in [1.165, 1.54) is 0 Å². The summed E-state index contributed by atoms with van der Waals surface area (Å²) < 4.78 is 0. The molecule has 2 rings (SSSR count). The maximum atomic E-state index is 9.62. The SMILES string of the molecule is C=C.CN/C=C(\C)c1ccc(N)c(C(=N)/C(=C/CN2CC[C@@H](O)C2)NC#N)c1.CO. The molecule has 0 bridgehead atoms. The van der Waals surface area contributed by atoms with Crippen molar-refractivity contribution in [3.63, 3.8) is 0 Å². The summed E-state index contributed by atoms with van der Waals surface area (Å²) in [5.74, 6) is 0. The number of aliphatic hydroxyl groups excluding tert-OH is 2. The molecule has 0 radical (unpaired) electrons. The average Bonchev–Trinajstić information content (AvgIpc) is 3.19. The molecule has 0 spiro atoms. The molecular weight excluding hydrogens is 380 g/mol. The number of benzene rings is 1. The van der Waals surface area contributed by atoms with Crippen LogP contribution in [0.1, 0.15) is 24.5 Å². The molecule has 8 nitrogen and oxygen atoms in total. The minimum Gasteiger partial charge on any atom is -0.400 e. The van der Waals surface area contributed by atoms with Crippen molar-refractivity contribution in [1.29, 1.82) is 10.7 Å². The molecule has 0 saturated carbocycles. The Hall–Kier alpha value is -3.12. The second kappa shape index (κ2) is 14.8. The van der Waals surface area contributed by atoms with Crippen LogP contribution in [0.3, 0.4) is 0 Å². The third-order valence-corrected chi connectivity index (χ3v) is 4.40. The van der Waals surface area contributed by atoms with E-state index in [9.17, 15) is 5.11 Å². The Bertz CT molecular complexity index is 782. The van der Waals surface area contributed by atoms with Gasteiger partial charge in [-0.15, -0.1) is 13.2 Å². The molecule has 0 aromatic heterocycles. The van der Waals surface area contributed by atoms with E-state index in [-0.39, 0.29) is 11.8 Å². The Balaban J connectivity index is 0.00000198. The van der Waals surface area contributed by atoms with E-state index in [0.29, 0.717) is 30.0 Å². The quantitative estimate of drug-likeness (QED) is 0.131.